The average molecular weight is 385 g/mol. The third-order valence-corrected chi connectivity index (χ3v) is 12.1. The minimum atomic E-state index is -1.82. The Hall–Kier alpha value is -0.323. The summed E-state index contributed by atoms with van der Waals surface area (Å²) in [4.78, 5) is 12.2. The topological polar surface area (TPSA) is 35.5 Å². The van der Waals surface area contributed by atoms with Gasteiger partial charge in [-0.1, -0.05) is 39.0 Å². The largest absolute Gasteiger partial charge is 0.454 e. The van der Waals surface area contributed by atoms with Crippen molar-refractivity contribution in [3.05, 3.63) is 11.6 Å². The maximum atomic E-state index is 12.2. The maximum Gasteiger partial charge on any atom is 0.349 e. The van der Waals surface area contributed by atoms with Gasteiger partial charge in [-0.05, 0) is 68.0 Å². The molecule has 0 amide bonds. The van der Waals surface area contributed by atoms with Crippen LogP contribution in [0, 0.1) is 23.7 Å². The molecular formula is C20H33ClO3Si. The predicted octanol–water partition coefficient (Wildman–Crippen LogP) is 5.50. The van der Waals surface area contributed by atoms with E-state index in [9.17, 15) is 4.79 Å². The quantitative estimate of drug-likeness (QED) is 0.356. The zero-order valence-electron chi connectivity index (χ0n) is 16.4. The van der Waals surface area contributed by atoms with Crippen molar-refractivity contribution in [3.8, 4) is 0 Å². The van der Waals surface area contributed by atoms with Gasteiger partial charge in [0.1, 0.15) is 10.6 Å². The van der Waals surface area contributed by atoms with Crippen molar-refractivity contribution in [1.82, 2.24) is 0 Å². The molecule has 3 nitrogen and oxygen atoms in total. The number of carbonyl (C=O) groups is 1. The van der Waals surface area contributed by atoms with Crippen LogP contribution in [-0.4, -0.2) is 26.5 Å². The zero-order chi connectivity index (χ0) is 18.6. The summed E-state index contributed by atoms with van der Waals surface area (Å²) in [7, 11) is -1.82. The van der Waals surface area contributed by atoms with Gasteiger partial charge < -0.3 is 9.16 Å². The van der Waals surface area contributed by atoms with Gasteiger partial charge in [-0.15, -0.1) is 0 Å². The van der Waals surface area contributed by atoms with E-state index in [0.29, 0.717) is 30.3 Å². The van der Waals surface area contributed by atoms with E-state index < -0.39 is 14.3 Å². The van der Waals surface area contributed by atoms with Gasteiger partial charge in [-0.3, -0.25) is 0 Å². The molecule has 25 heavy (non-hydrogen) atoms. The van der Waals surface area contributed by atoms with Crippen LogP contribution in [0.5, 0.6) is 0 Å². The second kappa shape index (κ2) is 6.38. The Labute approximate surface area is 158 Å². The van der Waals surface area contributed by atoms with Crippen LogP contribution in [0.1, 0.15) is 52.9 Å². The molecule has 4 saturated carbocycles. The van der Waals surface area contributed by atoms with E-state index in [1.165, 1.54) is 19.3 Å². The molecule has 0 spiro atoms. The lowest BCUT2D eigenvalue weighted by molar-refractivity contribution is -0.209. The van der Waals surface area contributed by atoms with Gasteiger partial charge in [0.2, 0.25) is 0 Å². The van der Waals surface area contributed by atoms with Crippen molar-refractivity contribution in [2.24, 2.45) is 23.7 Å². The van der Waals surface area contributed by atoms with Gasteiger partial charge in [0, 0.05) is 12.5 Å². The first-order chi connectivity index (χ1) is 11.4. The van der Waals surface area contributed by atoms with Crippen LogP contribution in [0.2, 0.25) is 18.1 Å². The summed E-state index contributed by atoms with van der Waals surface area (Å²) in [5.41, 5.74) is -0.383. The number of rotatable bonds is 5. The number of esters is 1. The van der Waals surface area contributed by atoms with E-state index in [-0.39, 0.29) is 15.7 Å². The van der Waals surface area contributed by atoms with Crippen LogP contribution in [-0.2, 0) is 14.0 Å². The first-order valence-corrected chi connectivity index (χ1v) is 12.9. The lowest BCUT2D eigenvalue weighted by Gasteiger charge is -2.60. The first-order valence-electron chi connectivity index (χ1n) is 9.65. The minimum Gasteiger partial charge on any atom is -0.454 e. The number of hydrogen-bond donors (Lipinski definition) is 0. The Kier molecular flexibility index (Phi) is 4.96. The van der Waals surface area contributed by atoms with Crippen LogP contribution in [0.25, 0.3) is 0 Å². The van der Waals surface area contributed by atoms with Gasteiger partial charge in [-0.2, -0.15) is 0 Å². The first kappa shape index (κ1) is 19.4. The monoisotopic (exact) mass is 384 g/mol. The highest BCUT2D eigenvalue weighted by molar-refractivity contribution is 6.74. The second-order valence-corrected chi connectivity index (χ2v) is 15.4. The molecule has 4 aliphatic carbocycles. The van der Waals surface area contributed by atoms with E-state index in [2.05, 4.69) is 40.4 Å². The summed E-state index contributed by atoms with van der Waals surface area (Å²) in [6, 6.07) is 0. The van der Waals surface area contributed by atoms with Crippen molar-refractivity contribution in [3.63, 3.8) is 0 Å². The Morgan fingerprint density at radius 2 is 1.76 bits per heavy atom. The summed E-state index contributed by atoms with van der Waals surface area (Å²) in [5.74, 6) is 1.86. The lowest BCUT2D eigenvalue weighted by atomic mass is 9.50. The molecule has 0 saturated heterocycles. The van der Waals surface area contributed by atoms with E-state index in [0.717, 1.165) is 12.8 Å². The summed E-state index contributed by atoms with van der Waals surface area (Å²) < 4.78 is 12.6. The second-order valence-electron chi connectivity index (χ2n) is 10.1. The molecule has 0 aliphatic heterocycles. The number of halogens is 1. The summed E-state index contributed by atoms with van der Waals surface area (Å²) in [5, 5.41) is 0.174. The Bertz CT molecular complexity index is 552. The molecule has 4 rings (SSSR count). The summed E-state index contributed by atoms with van der Waals surface area (Å²) >= 11 is 5.83. The molecule has 0 radical (unpaired) electrons. The van der Waals surface area contributed by atoms with Crippen molar-refractivity contribution in [1.29, 1.82) is 0 Å². The van der Waals surface area contributed by atoms with E-state index >= 15 is 0 Å². The molecule has 0 aromatic rings. The van der Waals surface area contributed by atoms with Crippen molar-refractivity contribution in [2.75, 3.05) is 6.61 Å². The standard InChI is InChI=1S/C20H33ClO3Si/c1-13(21)18(22)24-20-10-14-7-15(11-20)9-16(8-14)17(20)12-23-25(5,6)19(2,3)4/h14-17H,1,7-12H2,2-6H3. The average Bonchev–Trinajstić information content (AvgIpc) is 2.43. The van der Waals surface area contributed by atoms with E-state index in [1.807, 2.05) is 0 Å². The van der Waals surface area contributed by atoms with Gasteiger partial charge in [0.15, 0.2) is 8.32 Å². The third kappa shape index (κ3) is 3.59. The molecule has 4 fully saturated rings. The maximum absolute atomic E-state index is 12.2. The van der Waals surface area contributed by atoms with Crippen molar-refractivity contribution in [2.45, 2.75) is 76.6 Å². The molecule has 3 atom stereocenters. The third-order valence-electron chi connectivity index (χ3n) is 7.40. The Morgan fingerprint density at radius 3 is 2.24 bits per heavy atom. The summed E-state index contributed by atoms with van der Waals surface area (Å²) in [6.07, 6.45) is 5.78. The highest BCUT2D eigenvalue weighted by Crippen LogP contribution is 2.60. The smallest absolute Gasteiger partial charge is 0.349 e. The van der Waals surface area contributed by atoms with Crippen LogP contribution in [0.3, 0.4) is 0 Å². The number of hydrogen-bond acceptors (Lipinski definition) is 3. The van der Waals surface area contributed by atoms with Crippen LogP contribution in [0.4, 0.5) is 0 Å². The molecule has 0 N–H and O–H groups in total. The van der Waals surface area contributed by atoms with Crippen LogP contribution < -0.4 is 0 Å². The lowest BCUT2D eigenvalue weighted by Crippen LogP contribution is -2.61. The normalized spacial score (nSPS) is 37.2. The van der Waals surface area contributed by atoms with Gasteiger partial charge in [0.05, 0.1) is 0 Å². The molecule has 4 aliphatic rings. The molecule has 5 heteroatoms. The summed E-state index contributed by atoms with van der Waals surface area (Å²) in [6.45, 7) is 15.7. The Morgan fingerprint density at radius 1 is 1.20 bits per heavy atom. The highest BCUT2D eigenvalue weighted by atomic mass is 35.5. The number of carbonyl (C=O) groups excluding carboxylic acids is 1. The van der Waals surface area contributed by atoms with Crippen LogP contribution in [0.15, 0.2) is 11.6 Å². The fourth-order valence-corrected chi connectivity index (χ4v) is 6.34. The van der Waals surface area contributed by atoms with Crippen LogP contribution >= 0.6 is 11.6 Å². The number of ether oxygens (including phenoxy) is 1. The Balaban J connectivity index is 1.80. The molecular weight excluding hydrogens is 352 g/mol. The fourth-order valence-electron chi connectivity index (χ4n) is 5.27. The minimum absolute atomic E-state index is 0.0141. The molecule has 142 valence electrons. The predicted molar refractivity (Wildman–Crippen MR) is 104 cm³/mol. The molecule has 0 heterocycles. The molecule has 0 aromatic heterocycles. The van der Waals surface area contributed by atoms with E-state index in [4.69, 9.17) is 20.8 Å². The van der Waals surface area contributed by atoms with E-state index in [1.54, 1.807) is 0 Å². The van der Waals surface area contributed by atoms with Gasteiger partial charge >= 0.3 is 5.97 Å². The fraction of sp³-hybridized carbons (Fsp3) is 0.850. The zero-order valence-corrected chi connectivity index (χ0v) is 18.1. The molecule has 4 bridgehead atoms. The molecule has 0 aromatic carbocycles. The molecule has 3 unspecified atom stereocenters. The highest BCUT2D eigenvalue weighted by Gasteiger charge is 2.59. The SMILES string of the molecule is C=C(Cl)C(=O)OC12CC3CC(CC(C3)C1CO[Si](C)(C)C(C)(C)C)C2. The van der Waals surface area contributed by atoms with Gasteiger partial charge in [0.25, 0.3) is 0 Å². The van der Waals surface area contributed by atoms with Crippen molar-refractivity contribution < 1.29 is 14.0 Å². The van der Waals surface area contributed by atoms with Gasteiger partial charge in [-0.25, -0.2) is 4.79 Å². The van der Waals surface area contributed by atoms with Crippen molar-refractivity contribution >= 4 is 25.9 Å².